The number of hydrogen-bond acceptors (Lipinski definition) is 2. The van der Waals surface area contributed by atoms with Gasteiger partial charge in [-0.05, 0) is 19.1 Å². The van der Waals surface area contributed by atoms with Crippen molar-refractivity contribution in [1.29, 1.82) is 0 Å². The van der Waals surface area contributed by atoms with Crippen LogP contribution in [0.3, 0.4) is 0 Å². The average Bonchev–Trinajstić information content (AvgIpc) is 2.40. The largest absolute Gasteiger partial charge is 0.507 e. The minimum atomic E-state index is 0.229. The number of allylic oxidation sites excluding steroid dienone is 1. The zero-order valence-electron chi connectivity index (χ0n) is 10.2. The molecular weight excluding hydrogens is 222 g/mol. The molecule has 2 aromatic carbocycles. The van der Waals surface area contributed by atoms with E-state index < -0.39 is 0 Å². The molecule has 1 N–H and O–H groups in total. The summed E-state index contributed by atoms with van der Waals surface area (Å²) < 4.78 is 0. The lowest BCUT2D eigenvalue weighted by Gasteiger charge is -2.00. The topological polar surface area (TPSA) is 32.6 Å². The van der Waals surface area contributed by atoms with Crippen molar-refractivity contribution in [2.75, 3.05) is 0 Å². The number of hydrogen-bond donors (Lipinski definition) is 1. The smallest absolute Gasteiger partial charge is 0.124 e. The first-order valence-electron chi connectivity index (χ1n) is 5.82. The van der Waals surface area contributed by atoms with Crippen LogP contribution in [0, 0.1) is 0 Å². The van der Waals surface area contributed by atoms with Crippen LogP contribution in [0.25, 0.3) is 5.76 Å². The fourth-order valence-electron chi connectivity index (χ4n) is 1.63. The third kappa shape index (κ3) is 3.32. The van der Waals surface area contributed by atoms with Crippen LogP contribution in [0.5, 0.6) is 0 Å². The Morgan fingerprint density at radius 3 is 2.11 bits per heavy atom. The lowest BCUT2D eigenvalue weighted by atomic mass is 10.1. The maximum Gasteiger partial charge on any atom is 0.124 e. The summed E-state index contributed by atoms with van der Waals surface area (Å²) in [4.78, 5) is 4.40. The standard InChI is InChI=1S/C16H15NO/c1-13(17-15-10-6-3-7-11-15)12-16(18)14-8-4-2-5-9-14/h2-12,18H,1H3/b16-12-,17-13+. The lowest BCUT2D eigenvalue weighted by Crippen LogP contribution is -1.89. The Morgan fingerprint density at radius 2 is 1.50 bits per heavy atom. The Morgan fingerprint density at radius 1 is 0.944 bits per heavy atom. The van der Waals surface area contributed by atoms with Crippen molar-refractivity contribution in [2.24, 2.45) is 4.99 Å². The van der Waals surface area contributed by atoms with Gasteiger partial charge in [0.25, 0.3) is 0 Å². The number of rotatable bonds is 3. The summed E-state index contributed by atoms with van der Waals surface area (Å²) >= 11 is 0. The molecular formula is C16H15NO. The quantitative estimate of drug-likeness (QED) is 0.623. The molecule has 2 heteroatoms. The SMILES string of the molecule is CC(/C=C(\O)c1ccccc1)=N\c1ccccc1. The minimum absolute atomic E-state index is 0.229. The fraction of sp³-hybridized carbons (Fsp3) is 0.0625. The van der Waals surface area contributed by atoms with Crippen LogP contribution in [0.15, 0.2) is 71.7 Å². The molecule has 0 fully saturated rings. The zero-order chi connectivity index (χ0) is 12.8. The molecule has 2 rings (SSSR count). The van der Waals surface area contributed by atoms with Crippen LogP contribution in [-0.2, 0) is 0 Å². The number of aliphatic imine (C=N–C) groups is 1. The summed E-state index contributed by atoms with van der Waals surface area (Å²) in [5.74, 6) is 0.229. The number of aliphatic hydroxyl groups excluding tert-OH is 1. The molecule has 0 radical (unpaired) electrons. The highest BCUT2D eigenvalue weighted by Crippen LogP contribution is 2.13. The second-order valence-corrected chi connectivity index (χ2v) is 3.98. The Bertz CT molecular complexity index is 556. The van der Waals surface area contributed by atoms with Gasteiger partial charge in [0.15, 0.2) is 0 Å². The van der Waals surface area contributed by atoms with E-state index in [0.717, 1.165) is 17.0 Å². The maximum absolute atomic E-state index is 9.95. The predicted molar refractivity (Wildman–Crippen MR) is 76.3 cm³/mol. The van der Waals surface area contributed by atoms with Crippen molar-refractivity contribution in [3.05, 3.63) is 72.3 Å². The van der Waals surface area contributed by atoms with E-state index in [0.29, 0.717) is 0 Å². The van der Waals surface area contributed by atoms with E-state index in [2.05, 4.69) is 4.99 Å². The van der Waals surface area contributed by atoms with Crippen molar-refractivity contribution < 1.29 is 5.11 Å². The van der Waals surface area contributed by atoms with Crippen molar-refractivity contribution in [1.82, 2.24) is 0 Å². The van der Waals surface area contributed by atoms with Crippen LogP contribution >= 0.6 is 0 Å². The van der Waals surface area contributed by atoms with Crippen LogP contribution in [0.1, 0.15) is 12.5 Å². The molecule has 18 heavy (non-hydrogen) atoms. The molecule has 2 aromatic rings. The maximum atomic E-state index is 9.95. The van der Waals surface area contributed by atoms with E-state index in [-0.39, 0.29) is 5.76 Å². The molecule has 0 amide bonds. The van der Waals surface area contributed by atoms with Crippen LogP contribution in [0.2, 0.25) is 0 Å². The van der Waals surface area contributed by atoms with Gasteiger partial charge in [0.2, 0.25) is 0 Å². The molecule has 0 aromatic heterocycles. The van der Waals surface area contributed by atoms with Gasteiger partial charge in [0.05, 0.1) is 5.69 Å². The zero-order valence-corrected chi connectivity index (χ0v) is 10.2. The van der Waals surface area contributed by atoms with Gasteiger partial charge < -0.3 is 5.11 Å². The Hall–Kier alpha value is -2.35. The third-order valence-corrected chi connectivity index (χ3v) is 2.48. The van der Waals surface area contributed by atoms with Crippen molar-refractivity contribution in [3.8, 4) is 0 Å². The van der Waals surface area contributed by atoms with Crippen molar-refractivity contribution in [3.63, 3.8) is 0 Å². The number of aliphatic hydroxyl groups is 1. The molecule has 0 atom stereocenters. The first kappa shape index (κ1) is 12.1. The molecule has 2 nitrogen and oxygen atoms in total. The van der Waals surface area contributed by atoms with Gasteiger partial charge in [-0.25, -0.2) is 0 Å². The predicted octanol–water partition coefficient (Wildman–Crippen LogP) is 4.38. The molecule has 0 heterocycles. The first-order chi connectivity index (χ1) is 8.75. The second kappa shape index (κ2) is 5.82. The van der Waals surface area contributed by atoms with Gasteiger partial charge in [-0.15, -0.1) is 0 Å². The van der Waals surface area contributed by atoms with Gasteiger partial charge in [0.1, 0.15) is 5.76 Å². The van der Waals surface area contributed by atoms with Crippen molar-refractivity contribution >= 4 is 17.2 Å². The highest BCUT2D eigenvalue weighted by atomic mass is 16.3. The minimum Gasteiger partial charge on any atom is -0.507 e. The molecule has 0 aliphatic heterocycles. The van der Waals surface area contributed by atoms with Gasteiger partial charge in [-0.3, -0.25) is 4.99 Å². The average molecular weight is 237 g/mol. The van der Waals surface area contributed by atoms with Gasteiger partial charge in [0, 0.05) is 17.4 Å². The number of benzene rings is 2. The van der Waals surface area contributed by atoms with Crippen LogP contribution in [0.4, 0.5) is 5.69 Å². The summed E-state index contributed by atoms with van der Waals surface area (Å²) in [5, 5.41) is 9.95. The molecule has 90 valence electrons. The van der Waals surface area contributed by atoms with E-state index >= 15 is 0 Å². The van der Waals surface area contributed by atoms with Crippen molar-refractivity contribution in [2.45, 2.75) is 6.92 Å². The molecule has 0 aliphatic rings. The molecule has 0 saturated carbocycles. The Balaban J connectivity index is 2.21. The molecule has 0 saturated heterocycles. The molecule has 0 bridgehead atoms. The molecule has 0 aliphatic carbocycles. The summed E-state index contributed by atoms with van der Waals surface area (Å²) in [6, 6.07) is 19.1. The van der Waals surface area contributed by atoms with Gasteiger partial charge in [-0.1, -0.05) is 48.5 Å². The Kier molecular flexibility index (Phi) is 3.92. The number of nitrogens with zero attached hydrogens (tertiary/aromatic N) is 1. The van der Waals surface area contributed by atoms with Gasteiger partial charge >= 0.3 is 0 Å². The molecule has 0 spiro atoms. The third-order valence-electron chi connectivity index (χ3n) is 2.48. The normalized spacial score (nSPS) is 12.5. The summed E-state index contributed by atoms with van der Waals surface area (Å²) in [6.07, 6.45) is 1.67. The molecule has 0 unspecified atom stereocenters. The highest BCUT2D eigenvalue weighted by molar-refractivity contribution is 5.99. The van der Waals surface area contributed by atoms with E-state index in [1.54, 1.807) is 6.08 Å². The summed E-state index contributed by atoms with van der Waals surface area (Å²) in [6.45, 7) is 1.87. The summed E-state index contributed by atoms with van der Waals surface area (Å²) in [7, 11) is 0. The second-order valence-electron chi connectivity index (χ2n) is 3.98. The summed E-state index contributed by atoms with van der Waals surface area (Å²) in [5.41, 5.74) is 2.44. The highest BCUT2D eigenvalue weighted by Gasteiger charge is 1.98. The first-order valence-corrected chi connectivity index (χ1v) is 5.82. The van der Waals surface area contributed by atoms with Crippen LogP contribution < -0.4 is 0 Å². The van der Waals surface area contributed by atoms with Crippen LogP contribution in [-0.4, -0.2) is 10.8 Å². The van der Waals surface area contributed by atoms with Gasteiger partial charge in [-0.2, -0.15) is 0 Å². The number of para-hydroxylation sites is 1. The monoisotopic (exact) mass is 237 g/mol. The van der Waals surface area contributed by atoms with E-state index in [1.165, 1.54) is 0 Å². The van der Waals surface area contributed by atoms with E-state index in [1.807, 2.05) is 67.6 Å². The fourth-order valence-corrected chi connectivity index (χ4v) is 1.63. The van der Waals surface area contributed by atoms with E-state index in [4.69, 9.17) is 0 Å². The Labute approximate surface area is 107 Å². The van der Waals surface area contributed by atoms with E-state index in [9.17, 15) is 5.11 Å². The lowest BCUT2D eigenvalue weighted by molar-refractivity contribution is 0.512.